The number of carbonyl (C=O) groups excluding carboxylic acids is 1. The lowest BCUT2D eigenvalue weighted by Crippen LogP contribution is -2.41. The van der Waals surface area contributed by atoms with Gasteiger partial charge in [-0.25, -0.2) is 4.98 Å². The van der Waals surface area contributed by atoms with Gasteiger partial charge in [0.15, 0.2) is 0 Å². The number of hydrogen-bond acceptors (Lipinski definition) is 6. The van der Waals surface area contributed by atoms with Gasteiger partial charge in [-0.1, -0.05) is 18.3 Å². The minimum atomic E-state index is -0.133. The van der Waals surface area contributed by atoms with Crippen molar-refractivity contribution in [3.63, 3.8) is 0 Å². The Morgan fingerprint density at radius 1 is 1.53 bits per heavy atom. The maximum atomic E-state index is 12.1. The molecule has 0 bridgehead atoms. The molecule has 0 aliphatic heterocycles. The van der Waals surface area contributed by atoms with Gasteiger partial charge in [-0.3, -0.25) is 9.48 Å². The second-order valence-electron chi connectivity index (χ2n) is 4.63. The average Bonchev–Trinajstić information content (AvgIpc) is 2.99. The lowest BCUT2D eigenvalue weighted by molar-refractivity contribution is 0.0922. The topological polar surface area (TPSA) is 85.6 Å². The molecule has 8 heteroatoms. The first kappa shape index (κ1) is 13.6. The fraction of sp³-hybridized carbons (Fsp3) is 0.545. The smallest absolute Gasteiger partial charge is 0.265 e. The van der Waals surface area contributed by atoms with E-state index in [-0.39, 0.29) is 17.9 Å². The van der Waals surface area contributed by atoms with Crippen LogP contribution in [0.4, 0.5) is 0 Å². The van der Waals surface area contributed by atoms with Crippen molar-refractivity contribution in [3.05, 3.63) is 23.2 Å². The number of hydrogen-bond donors (Lipinski definition) is 1. The molecule has 0 unspecified atom stereocenters. The van der Waals surface area contributed by atoms with Gasteiger partial charge in [-0.05, 0) is 24.4 Å². The molecule has 0 radical (unpaired) electrons. The molecule has 0 aromatic carbocycles. The second kappa shape index (κ2) is 5.87. The summed E-state index contributed by atoms with van der Waals surface area (Å²) in [7, 11) is 0. The molecule has 0 aliphatic carbocycles. The first-order valence-corrected chi connectivity index (χ1v) is 6.77. The van der Waals surface area contributed by atoms with E-state index in [1.807, 2.05) is 0 Å². The number of carbonyl (C=O) groups is 1. The maximum Gasteiger partial charge on any atom is 0.265 e. The van der Waals surface area contributed by atoms with Crippen LogP contribution in [0.3, 0.4) is 0 Å². The molecule has 1 atom stereocenters. The van der Waals surface area contributed by atoms with Crippen LogP contribution in [0.5, 0.6) is 0 Å². The average molecular weight is 280 g/mol. The molecule has 2 aromatic rings. The highest BCUT2D eigenvalue weighted by atomic mass is 32.1. The quantitative estimate of drug-likeness (QED) is 0.879. The Kier molecular flexibility index (Phi) is 4.20. The predicted molar refractivity (Wildman–Crippen MR) is 70.8 cm³/mol. The van der Waals surface area contributed by atoms with Crippen LogP contribution in [-0.2, 0) is 6.54 Å². The van der Waals surface area contributed by atoms with Crippen LogP contribution in [0.15, 0.2) is 12.7 Å². The predicted octanol–water partition coefficient (Wildman–Crippen LogP) is 0.893. The molecule has 1 N–H and O–H groups in total. The summed E-state index contributed by atoms with van der Waals surface area (Å²) in [5.74, 6) is 0.153. The second-order valence-corrected chi connectivity index (χ2v) is 5.38. The molecule has 0 aliphatic rings. The van der Waals surface area contributed by atoms with Crippen molar-refractivity contribution in [2.45, 2.75) is 33.4 Å². The summed E-state index contributed by atoms with van der Waals surface area (Å²) < 4.78 is 5.48. The highest BCUT2D eigenvalue weighted by Crippen LogP contribution is 2.11. The van der Waals surface area contributed by atoms with E-state index in [2.05, 4.69) is 38.8 Å². The molecular formula is C11H16N6OS. The highest BCUT2D eigenvalue weighted by Gasteiger charge is 2.20. The molecule has 0 fully saturated rings. The standard InChI is InChI=1S/C11H16N6OS/c1-7(2)9(4-17-6-12-5-13-17)14-11(18)10-8(3)15-16-19-10/h5-7,9H,4H2,1-3H3,(H,14,18)/t9-/m1/s1. The van der Waals surface area contributed by atoms with Gasteiger partial charge < -0.3 is 5.32 Å². The molecule has 1 amide bonds. The fourth-order valence-electron chi connectivity index (χ4n) is 1.63. The van der Waals surface area contributed by atoms with Crippen molar-refractivity contribution in [3.8, 4) is 0 Å². The third kappa shape index (κ3) is 3.34. The lowest BCUT2D eigenvalue weighted by Gasteiger charge is -2.21. The van der Waals surface area contributed by atoms with E-state index >= 15 is 0 Å². The summed E-state index contributed by atoms with van der Waals surface area (Å²) in [6.45, 7) is 6.48. The molecule has 0 saturated heterocycles. The van der Waals surface area contributed by atoms with E-state index in [1.165, 1.54) is 6.33 Å². The lowest BCUT2D eigenvalue weighted by atomic mass is 10.0. The highest BCUT2D eigenvalue weighted by molar-refractivity contribution is 7.08. The minimum absolute atomic E-state index is 0.0179. The minimum Gasteiger partial charge on any atom is -0.346 e. The zero-order valence-corrected chi connectivity index (χ0v) is 11.9. The summed E-state index contributed by atoms with van der Waals surface area (Å²) in [5, 5.41) is 10.9. The molecule has 2 heterocycles. The van der Waals surface area contributed by atoms with Crippen LogP contribution in [0.1, 0.15) is 29.2 Å². The zero-order valence-electron chi connectivity index (χ0n) is 11.1. The van der Waals surface area contributed by atoms with Gasteiger partial charge in [0.1, 0.15) is 17.5 Å². The van der Waals surface area contributed by atoms with Crippen molar-refractivity contribution in [2.75, 3.05) is 0 Å². The SMILES string of the molecule is Cc1nnsc1C(=O)N[C@H](Cn1cncn1)C(C)C. The number of amides is 1. The van der Waals surface area contributed by atoms with Crippen LogP contribution in [0.2, 0.25) is 0 Å². The Hall–Kier alpha value is -1.83. The Morgan fingerprint density at radius 3 is 2.84 bits per heavy atom. The van der Waals surface area contributed by atoms with Crippen molar-refractivity contribution in [2.24, 2.45) is 5.92 Å². The molecule has 2 aromatic heterocycles. The van der Waals surface area contributed by atoms with Crippen molar-refractivity contribution in [1.82, 2.24) is 29.7 Å². The fourth-order valence-corrected chi connectivity index (χ4v) is 2.19. The van der Waals surface area contributed by atoms with Crippen LogP contribution >= 0.6 is 11.5 Å². The first-order chi connectivity index (χ1) is 9.08. The largest absolute Gasteiger partial charge is 0.346 e. The van der Waals surface area contributed by atoms with Gasteiger partial charge in [0.05, 0.1) is 18.3 Å². The van der Waals surface area contributed by atoms with Crippen molar-refractivity contribution < 1.29 is 4.79 Å². The van der Waals surface area contributed by atoms with E-state index in [4.69, 9.17) is 0 Å². The summed E-state index contributed by atoms with van der Waals surface area (Å²) >= 11 is 1.11. The molecular weight excluding hydrogens is 264 g/mol. The van der Waals surface area contributed by atoms with Crippen molar-refractivity contribution in [1.29, 1.82) is 0 Å². The first-order valence-electron chi connectivity index (χ1n) is 6.00. The van der Waals surface area contributed by atoms with Gasteiger partial charge in [0, 0.05) is 0 Å². The normalized spacial score (nSPS) is 12.6. The number of nitrogens with one attached hydrogen (secondary N) is 1. The number of rotatable bonds is 5. The molecule has 2 rings (SSSR count). The third-order valence-corrected chi connectivity index (χ3v) is 3.66. The van der Waals surface area contributed by atoms with E-state index in [0.717, 1.165) is 11.5 Å². The van der Waals surface area contributed by atoms with Gasteiger partial charge in [0.2, 0.25) is 0 Å². The van der Waals surface area contributed by atoms with Gasteiger partial charge in [-0.2, -0.15) is 5.10 Å². The van der Waals surface area contributed by atoms with E-state index in [1.54, 1.807) is 17.9 Å². The molecule has 0 saturated carbocycles. The molecule has 102 valence electrons. The number of nitrogens with zero attached hydrogens (tertiary/aromatic N) is 5. The van der Waals surface area contributed by atoms with Gasteiger partial charge >= 0.3 is 0 Å². The summed E-state index contributed by atoms with van der Waals surface area (Å²) in [6, 6.07) is -0.0179. The van der Waals surface area contributed by atoms with Gasteiger partial charge in [0.25, 0.3) is 5.91 Å². The summed E-state index contributed by atoms with van der Waals surface area (Å²) in [6.07, 6.45) is 3.12. The van der Waals surface area contributed by atoms with E-state index in [9.17, 15) is 4.79 Å². The van der Waals surface area contributed by atoms with Crippen LogP contribution in [0, 0.1) is 12.8 Å². The van der Waals surface area contributed by atoms with E-state index in [0.29, 0.717) is 17.1 Å². The molecule has 19 heavy (non-hydrogen) atoms. The monoisotopic (exact) mass is 280 g/mol. The van der Waals surface area contributed by atoms with Crippen LogP contribution in [0.25, 0.3) is 0 Å². The number of aryl methyl sites for hydroxylation is 1. The Bertz CT molecular complexity index is 535. The zero-order chi connectivity index (χ0) is 13.8. The van der Waals surface area contributed by atoms with Crippen LogP contribution in [-0.4, -0.2) is 36.3 Å². The molecule has 7 nitrogen and oxygen atoms in total. The summed E-state index contributed by atoms with van der Waals surface area (Å²) in [5.41, 5.74) is 0.658. The maximum absolute atomic E-state index is 12.1. The van der Waals surface area contributed by atoms with Gasteiger partial charge in [-0.15, -0.1) is 5.10 Å². The Morgan fingerprint density at radius 2 is 2.32 bits per heavy atom. The van der Waals surface area contributed by atoms with Crippen LogP contribution < -0.4 is 5.32 Å². The third-order valence-electron chi connectivity index (χ3n) is 2.83. The number of aromatic nitrogens is 5. The van der Waals surface area contributed by atoms with E-state index < -0.39 is 0 Å². The van der Waals surface area contributed by atoms with Crippen molar-refractivity contribution >= 4 is 17.4 Å². The Balaban J connectivity index is 2.05. The summed E-state index contributed by atoms with van der Waals surface area (Å²) in [4.78, 5) is 16.6. The Labute approximate surface area is 115 Å². The molecule has 0 spiro atoms.